The molecule has 5 unspecified atom stereocenters. The van der Waals surface area contributed by atoms with E-state index >= 15 is 0 Å². The first-order valence-electron chi connectivity index (χ1n) is 7.18. The molecule has 2 aliphatic rings. The maximum Gasteiger partial charge on any atom is 0.246 e. The van der Waals surface area contributed by atoms with Crippen LogP contribution in [0.1, 0.15) is 33.1 Å². The molecule has 0 aromatic carbocycles. The van der Waals surface area contributed by atoms with Gasteiger partial charge in [0, 0.05) is 12.1 Å². The fourth-order valence-corrected chi connectivity index (χ4v) is 4.07. The van der Waals surface area contributed by atoms with Gasteiger partial charge in [0.25, 0.3) is 0 Å². The van der Waals surface area contributed by atoms with Gasteiger partial charge >= 0.3 is 0 Å². The summed E-state index contributed by atoms with van der Waals surface area (Å²) in [6.45, 7) is 7.80. The number of fused-ring (bicyclic) bond motifs is 2. The molecule has 6 nitrogen and oxygen atoms in total. The molecular formula is C14H22NO5S-. The molecule has 0 saturated heterocycles. The minimum absolute atomic E-state index is 0.204. The summed E-state index contributed by atoms with van der Waals surface area (Å²) in [5.41, 5.74) is -0.152. The van der Waals surface area contributed by atoms with Crippen molar-refractivity contribution in [2.24, 2.45) is 11.8 Å². The summed E-state index contributed by atoms with van der Waals surface area (Å²) >= 11 is -2.54. The van der Waals surface area contributed by atoms with Crippen LogP contribution in [0.5, 0.6) is 0 Å². The van der Waals surface area contributed by atoms with Crippen molar-refractivity contribution in [3.8, 4) is 0 Å². The van der Waals surface area contributed by atoms with Gasteiger partial charge in [0.15, 0.2) is 0 Å². The van der Waals surface area contributed by atoms with Gasteiger partial charge in [0.05, 0.1) is 23.6 Å². The average molecular weight is 316 g/mol. The van der Waals surface area contributed by atoms with Gasteiger partial charge in [-0.2, -0.15) is 0 Å². The summed E-state index contributed by atoms with van der Waals surface area (Å²) in [5, 5.41) is 2.70. The van der Waals surface area contributed by atoms with Gasteiger partial charge in [-0.3, -0.25) is 8.98 Å². The molecule has 0 heterocycles. The van der Waals surface area contributed by atoms with E-state index in [1.54, 1.807) is 6.92 Å². The van der Waals surface area contributed by atoms with Crippen molar-refractivity contribution in [1.82, 2.24) is 5.32 Å². The third-order valence-corrected chi connectivity index (χ3v) is 5.01. The topological polar surface area (TPSA) is 87.7 Å². The summed E-state index contributed by atoms with van der Waals surface area (Å²) in [6.07, 6.45) is 2.53. The van der Waals surface area contributed by atoms with Crippen LogP contribution in [0, 0.1) is 11.8 Å². The van der Waals surface area contributed by atoms with Crippen LogP contribution in [-0.4, -0.2) is 39.5 Å². The molecule has 0 aliphatic heterocycles. The van der Waals surface area contributed by atoms with Crippen molar-refractivity contribution < 1.29 is 22.5 Å². The van der Waals surface area contributed by atoms with Gasteiger partial charge in [-0.05, 0) is 44.9 Å². The van der Waals surface area contributed by atoms with Crippen molar-refractivity contribution in [3.05, 3.63) is 12.2 Å². The molecule has 2 bridgehead atoms. The Kier molecular flexibility index (Phi) is 5.19. The second kappa shape index (κ2) is 6.56. The quantitative estimate of drug-likeness (QED) is 0.431. The number of carbonyl (C=O) groups is 1. The van der Waals surface area contributed by atoms with Gasteiger partial charge < -0.3 is 14.6 Å². The lowest BCUT2D eigenvalue weighted by atomic mass is 9.83. The molecule has 5 atom stereocenters. The van der Waals surface area contributed by atoms with Crippen LogP contribution in [-0.2, 0) is 25.1 Å². The van der Waals surface area contributed by atoms with Gasteiger partial charge in [-0.25, -0.2) is 4.21 Å². The van der Waals surface area contributed by atoms with E-state index in [4.69, 9.17) is 8.92 Å². The number of hydrogen-bond acceptors (Lipinski definition) is 5. The van der Waals surface area contributed by atoms with Gasteiger partial charge in [-0.1, -0.05) is 6.58 Å². The van der Waals surface area contributed by atoms with Crippen LogP contribution in [0.4, 0.5) is 0 Å². The Morgan fingerprint density at radius 2 is 2.24 bits per heavy atom. The van der Waals surface area contributed by atoms with E-state index < -0.39 is 23.1 Å². The number of ether oxygens (including phenoxy) is 1. The highest BCUT2D eigenvalue weighted by atomic mass is 32.2. The molecule has 2 saturated carbocycles. The molecule has 2 fully saturated rings. The molecule has 2 aliphatic carbocycles. The van der Waals surface area contributed by atoms with E-state index in [-0.39, 0.29) is 11.8 Å². The number of amides is 1. The molecule has 7 heteroatoms. The lowest BCUT2D eigenvalue weighted by Gasteiger charge is -2.40. The molecule has 2 rings (SSSR count). The van der Waals surface area contributed by atoms with Crippen LogP contribution in [0.3, 0.4) is 0 Å². The monoisotopic (exact) mass is 316 g/mol. The lowest BCUT2D eigenvalue weighted by Crippen LogP contribution is -2.49. The first kappa shape index (κ1) is 16.6. The summed E-state index contributed by atoms with van der Waals surface area (Å²) in [5.74, 6) is 0.348. The molecule has 120 valence electrons. The first-order valence-corrected chi connectivity index (χ1v) is 8.18. The zero-order valence-corrected chi connectivity index (χ0v) is 13.2. The summed E-state index contributed by atoms with van der Waals surface area (Å²) in [6, 6.07) is 0. The van der Waals surface area contributed by atoms with Gasteiger partial charge in [-0.15, -0.1) is 0 Å². The maximum absolute atomic E-state index is 11.4. The molecule has 0 spiro atoms. The maximum atomic E-state index is 11.4. The second-order valence-corrected chi connectivity index (χ2v) is 6.66. The minimum atomic E-state index is -2.54. The highest BCUT2D eigenvalue weighted by molar-refractivity contribution is 7.74. The Hall–Kier alpha value is -0.760. The van der Waals surface area contributed by atoms with Crippen molar-refractivity contribution in [2.45, 2.75) is 44.8 Å². The zero-order chi connectivity index (χ0) is 15.6. The zero-order valence-electron chi connectivity index (χ0n) is 12.4. The Labute approximate surface area is 127 Å². The average Bonchev–Trinajstić information content (AvgIpc) is 2.97. The Balaban J connectivity index is 1.88. The highest BCUT2D eigenvalue weighted by Gasteiger charge is 2.57. The Bertz CT molecular complexity index is 455. The van der Waals surface area contributed by atoms with Crippen LogP contribution in [0.15, 0.2) is 12.2 Å². The minimum Gasteiger partial charge on any atom is -0.750 e. The Morgan fingerprint density at radius 1 is 1.52 bits per heavy atom. The van der Waals surface area contributed by atoms with Gasteiger partial charge in [0.1, 0.15) is 6.10 Å². The van der Waals surface area contributed by atoms with Gasteiger partial charge in [0.2, 0.25) is 5.91 Å². The van der Waals surface area contributed by atoms with Crippen molar-refractivity contribution in [2.75, 3.05) is 13.2 Å². The van der Waals surface area contributed by atoms with Crippen molar-refractivity contribution in [3.63, 3.8) is 0 Å². The van der Waals surface area contributed by atoms with E-state index in [0.717, 1.165) is 19.3 Å². The largest absolute Gasteiger partial charge is 0.750 e. The highest BCUT2D eigenvalue weighted by Crippen LogP contribution is 2.53. The van der Waals surface area contributed by atoms with Crippen LogP contribution in [0.2, 0.25) is 0 Å². The molecule has 1 amide bonds. The fourth-order valence-electron chi connectivity index (χ4n) is 3.56. The van der Waals surface area contributed by atoms with Crippen molar-refractivity contribution >= 4 is 17.3 Å². The van der Waals surface area contributed by atoms with Crippen LogP contribution < -0.4 is 5.32 Å². The Morgan fingerprint density at radius 3 is 2.86 bits per heavy atom. The third kappa shape index (κ3) is 3.53. The third-order valence-electron chi connectivity index (χ3n) is 4.65. The van der Waals surface area contributed by atoms with E-state index in [9.17, 15) is 13.6 Å². The second-order valence-electron chi connectivity index (χ2n) is 6.06. The smallest absolute Gasteiger partial charge is 0.246 e. The summed E-state index contributed by atoms with van der Waals surface area (Å²) < 4.78 is 32.7. The molecular weight excluding hydrogens is 294 g/mol. The number of carbonyl (C=O) groups excluding carboxylic acids is 1. The first-order chi connectivity index (χ1) is 9.84. The van der Waals surface area contributed by atoms with E-state index in [0.29, 0.717) is 24.6 Å². The number of rotatable bonds is 7. The predicted octanol–water partition coefficient (Wildman–Crippen LogP) is 1.06. The molecule has 0 radical (unpaired) electrons. The molecule has 21 heavy (non-hydrogen) atoms. The van der Waals surface area contributed by atoms with Crippen LogP contribution >= 0.6 is 0 Å². The molecule has 0 aromatic heterocycles. The predicted molar refractivity (Wildman–Crippen MR) is 76.8 cm³/mol. The van der Waals surface area contributed by atoms with E-state index in [1.807, 2.05) is 6.92 Å². The molecule has 0 aromatic rings. The number of hydrogen-bond donors (Lipinski definition) is 1. The fraction of sp³-hybridized carbons (Fsp3) is 0.786. The number of nitrogens with one attached hydrogen (secondary N) is 1. The SMILES string of the molecule is C=C(C)C(=O)NCCOC1(C)C2CCC(C2)C1OS(=O)[O-]. The normalized spacial score (nSPS) is 35.7. The standard InChI is InChI=1S/C14H23NO5S/c1-9(2)13(16)15-6-7-19-14(3)11-5-4-10(8-11)12(14)20-21(17)18/h10-12H,1,4-8H2,2-3H3,(H,15,16)(H,17,18)/p-1. The lowest BCUT2D eigenvalue weighted by molar-refractivity contribution is -0.130. The van der Waals surface area contributed by atoms with Crippen LogP contribution in [0.25, 0.3) is 0 Å². The van der Waals surface area contributed by atoms with E-state index in [2.05, 4.69) is 11.9 Å². The van der Waals surface area contributed by atoms with Crippen molar-refractivity contribution in [1.29, 1.82) is 0 Å². The van der Waals surface area contributed by atoms with E-state index in [1.165, 1.54) is 0 Å². The summed E-state index contributed by atoms with van der Waals surface area (Å²) in [7, 11) is 0. The summed E-state index contributed by atoms with van der Waals surface area (Å²) in [4.78, 5) is 11.4. The molecule has 1 N–H and O–H groups in total.